The number of nitrogens with zero attached hydrogens (tertiary/aromatic N) is 3. The highest BCUT2D eigenvalue weighted by molar-refractivity contribution is 5.58. The van der Waals surface area contributed by atoms with E-state index >= 15 is 0 Å². The van der Waals surface area contributed by atoms with Crippen LogP contribution in [0.2, 0.25) is 0 Å². The normalized spacial score (nSPS) is 9.68. The van der Waals surface area contributed by atoms with E-state index in [2.05, 4.69) is 20.6 Å². The second-order valence-electron chi connectivity index (χ2n) is 3.76. The monoisotopic (exact) mass is 257 g/mol. The maximum atomic E-state index is 12.8. The van der Waals surface area contributed by atoms with Crippen molar-refractivity contribution >= 4 is 17.3 Å². The van der Waals surface area contributed by atoms with Crippen molar-refractivity contribution in [3.63, 3.8) is 0 Å². The zero-order valence-electron chi connectivity index (χ0n) is 10.1. The molecule has 0 aliphatic carbocycles. The molecule has 0 aliphatic rings. The highest BCUT2D eigenvalue weighted by Gasteiger charge is 1.99. The molecule has 5 nitrogen and oxygen atoms in total. The molecule has 0 amide bonds. The molecule has 1 aromatic carbocycles. The number of nitriles is 1. The maximum Gasteiger partial charge on any atom is 0.135 e. The first-order valence-corrected chi connectivity index (χ1v) is 5.73. The summed E-state index contributed by atoms with van der Waals surface area (Å²) in [5.41, 5.74) is 0.739. The van der Waals surface area contributed by atoms with Gasteiger partial charge in [0.05, 0.1) is 12.5 Å². The molecule has 0 radical (unpaired) electrons. The molecule has 0 atom stereocenters. The van der Waals surface area contributed by atoms with Crippen LogP contribution in [0.4, 0.5) is 21.7 Å². The molecule has 0 bridgehead atoms. The Morgan fingerprint density at radius 3 is 2.63 bits per heavy atom. The van der Waals surface area contributed by atoms with E-state index in [1.54, 1.807) is 18.2 Å². The van der Waals surface area contributed by atoms with Crippen molar-refractivity contribution < 1.29 is 4.39 Å². The van der Waals surface area contributed by atoms with Gasteiger partial charge in [-0.15, -0.1) is 0 Å². The van der Waals surface area contributed by atoms with Gasteiger partial charge in [-0.05, 0) is 24.3 Å². The zero-order valence-corrected chi connectivity index (χ0v) is 10.1. The summed E-state index contributed by atoms with van der Waals surface area (Å²) in [7, 11) is 0. The van der Waals surface area contributed by atoms with Crippen LogP contribution in [-0.2, 0) is 0 Å². The predicted octanol–water partition coefficient (Wildman–Crippen LogP) is 2.68. The van der Waals surface area contributed by atoms with Crippen LogP contribution in [0, 0.1) is 17.1 Å². The lowest BCUT2D eigenvalue weighted by atomic mass is 10.3. The van der Waals surface area contributed by atoms with E-state index in [0.717, 1.165) is 5.69 Å². The summed E-state index contributed by atoms with van der Waals surface area (Å²) in [6.45, 7) is 0.531. The van der Waals surface area contributed by atoms with Gasteiger partial charge in [0.1, 0.15) is 23.8 Å². The minimum Gasteiger partial charge on any atom is -0.369 e. The molecule has 2 N–H and O–H groups in total. The quantitative estimate of drug-likeness (QED) is 0.805. The van der Waals surface area contributed by atoms with Crippen LogP contribution < -0.4 is 10.6 Å². The van der Waals surface area contributed by atoms with Gasteiger partial charge in [-0.2, -0.15) is 5.26 Å². The van der Waals surface area contributed by atoms with Gasteiger partial charge >= 0.3 is 0 Å². The Morgan fingerprint density at radius 1 is 1.16 bits per heavy atom. The fourth-order valence-electron chi connectivity index (χ4n) is 1.45. The van der Waals surface area contributed by atoms with E-state index in [0.29, 0.717) is 24.6 Å². The summed E-state index contributed by atoms with van der Waals surface area (Å²) >= 11 is 0. The largest absolute Gasteiger partial charge is 0.369 e. The third kappa shape index (κ3) is 3.92. The van der Waals surface area contributed by atoms with Crippen LogP contribution in [0.25, 0.3) is 0 Å². The second kappa shape index (κ2) is 6.31. The lowest BCUT2D eigenvalue weighted by Gasteiger charge is -2.07. The average Bonchev–Trinajstić information content (AvgIpc) is 2.42. The third-order valence-corrected chi connectivity index (χ3v) is 2.33. The van der Waals surface area contributed by atoms with Gasteiger partial charge in [0.2, 0.25) is 0 Å². The van der Waals surface area contributed by atoms with E-state index in [-0.39, 0.29) is 5.82 Å². The van der Waals surface area contributed by atoms with Gasteiger partial charge in [0.15, 0.2) is 0 Å². The van der Waals surface area contributed by atoms with Crippen molar-refractivity contribution in [2.45, 2.75) is 6.42 Å². The topological polar surface area (TPSA) is 73.6 Å². The molecular weight excluding hydrogens is 245 g/mol. The van der Waals surface area contributed by atoms with Crippen LogP contribution >= 0.6 is 0 Å². The van der Waals surface area contributed by atoms with Crippen molar-refractivity contribution in [3.05, 3.63) is 42.5 Å². The van der Waals surface area contributed by atoms with E-state index in [4.69, 9.17) is 5.26 Å². The summed E-state index contributed by atoms with van der Waals surface area (Å²) in [5, 5.41) is 14.5. The number of benzene rings is 1. The van der Waals surface area contributed by atoms with Crippen LogP contribution in [0.1, 0.15) is 6.42 Å². The molecule has 96 valence electrons. The predicted molar refractivity (Wildman–Crippen MR) is 70.4 cm³/mol. The number of hydrogen-bond acceptors (Lipinski definition) is 5. The number of hydrogen-bond donors (Lipinski definition) is 2. The second-order valence-corrected chi connectivity index (χ2v) is 3.76. The van der Waals surface area contributed by atoms with Gasteiger partial charge in [-0.1, -0.05) is 0 Å². The van der Waals surface area contributed by atoms with Crippen LogP contribution in [-0.4, -0.2) is 16.5 Å². The van der Waals surface area contributed by atoms with Crippen molar-refractivity contribution in [1.29, 1.82) is 5.26 Å². The van der Waals surface area contributed by atoms with E-state index < -0.39 is 0 Å². The van der Waals surface area contributed by atoms with Crippen molar-refractivity contribution in [3.8, 4) is 6.07 Å². The molecule has 0 saturated heterocycles. The van der Waals surface area contributed by atoms with Gasteiger partial charge in [-0.25, -0.2) is 14.4 Å². The average molecular weight is 257 g/mol. The Bertz CT molecular complexity index is 576. The van der Waals surface area contributed by atoms with Crippen LogP contribution in [0.15, 0.2) is 36.7 Å². The number of anilines is 3. The summed E-state index contributed by atoms with van der Waals surface area (Å²) in [4.78, 5) is 8.10. The third-order valence-electron chi connectivity index (χ3n) is 2.33. The number of aromatic nitrogens is 2. The number of nitrogens with one attached hydrogen (secondary N) is 2. The summed E-state index contributed by atoms with van der Waals surface area (Å²) in [6.07, 6.45) is 1.82. The molecular formula is C13H12FN5. The molecule has 6 heteroatoms. The van der Waals surface area contributed by atoms with Crippen LogP contribution in [0.5, 0.6) is 0 Å². The minimum absolute atomic E-state index is 0.285. The van der Waals surface area contributed by atoms with Crippen molar-refractivity contribution in [2.75, 3.05) is 17.2 Å². The number of halogens is 1. The van der Waals surface area contributed by atoms with E-state index in [1.807, 2.05) is 6.07 Å². The first-order valence-electron chi connectivity index (χ1n) is 5.73. The Hall–Kier alpha value is -2.68. The molecule has 1 aromatic heterocycles. The summed E-state index contributed by atoms with van der Waals surface area (Å²) < 4.78 is 12.8. The molecule has 2 rings (SSSR count). The highest BCUT2D eigenvalue weighted by Crippen LogP contribution is 2.16. The van der Waals surface area contributed by atoms with Crippen molar-refractivity contribution in [2.24, 2.45) is 0 Å². The molecule has 0 fully saturated rings. The van der Waals surface area contributed by atoms with Gasteiger partial charge < -0.3 is 10.6 Å². The SMILES string of the molecule is N#CCCNc1cc(Nc2ccc(F)cc2)ncn1. The Morgan fingerprint density at radius 2 is 1.89 bits per heavy atom. The summed E-state index contributed by atoms with van der Waals surface area (Å²) in [5.74, 6) is 0.947. The lowest BCUT2D eigenvalue weighted by molar-refractivity contribution is 0.628. The maximum absolute atomic E-state index is 12.8. The zero-order chi connectivity index (χ0) is 13.5. The molecule has 0 saturated carbocycles. The molecule has 0 unspecified atom stereocenters. The van der Waals surface area contributed by atoms with Gasteiger partial charge in [0.25, 0.3) is 0 Å². The molecule has 0 aliphatic heterocycles. The minimum atomic E-state index is -0.285. The van der Waals surface area contributed by atoms with Gasteiger partial charge in [0, 0.05) is 18.3 Å². The Balaban J connectivity index is 2.02. The first-order chi connectivity index (χ1) is 9.28. The first kappa shape index (κ1) is 12.8. The van der Waals surface area contributed by atoms with E-state index in [9.17, 15) is 4.39 Å². The summed E-state index contributed by atoms with van der Waals surface area (Å²) in [6, 6.07) is 9.76. The Labute approximate surface area is 110 Å². The van der Waals surface area contributed by atoms with Crippen molar-refractivity contribution in [1.82, 2.24) is 9.97 Å². The van der Waals surface area contributed by atoms with E-state index in [1.165, 1.54) is 18.5 Å². The molecule has 0 spiro atoms. The Kier molecular flexibility index (Phi) is 4.24. The highest BCUT2D eigenvalue weighted by atomic mass is 19.1. The fraction of sp³-hybridized carbons (Fsp3) is 0.154. The van der Waals surface area contributed by atoms with Crippen LogP contribution in [0.3, 0.4) is 0 Å². The molecule has 2 aromatic rings. The van der Waals surface area contributed by atoms with Gasteiger partial charge in [-0.3, -0.25) is 0 Å². The molecule has 19 heavy (non-hydrogen) atoms. The molecule has 1 heterocycles. The smallest absolute Gasteiger partial charge is 0.135 e. The fourth-order valence-corrected chi connectivity index (χ4v) is 1.45. The number of rotatable bonds is 5. The standard InChI is InChI=1S/C13H12FN5/c14-10-2-4-11(5-3-10)19-13-8-12(17-9-18-13)16-7-1-6-15/h2-5,8-9H,1,7H2,(H2,16,17,18,19). The lowest BCUT2D eigenvalue weighted by Crippen LogP contribution is -2.03.